The second kappa shape index (κ2) is 6.64. The first-order chi connectivity index (χ1) is 13.7. The van der Waals surface area contributed by atoms with Crippen LogP contribution in [0.2, 0.25) is 0 Å². The summed E-state index contributed by atoms with van der Waals surface area (Å²) in [6.07, 6.45) is 4.30. The van der Waals surface area contributed by atoms with Gasteiger partial charge in [-0.1, -0.05) is 12.1 Å². The minimum Gasteiger partial charge on any atom is -0.464 e. The fourth-order valence-electron chi connectivity index (χ4n) is 3.35. The molecule has 2 aromatic carbocycles. The Hall–Kier alpha value is -3.41. The molecule has 0 bridgehead atoms. The normalized spacial score (nSPS) is 13.8. The number of furan rings is 1. The van der Waals surface area contributed by atoms with Gasteiger partial charge in [-0.05, 0) is 55.7 Å². The summed E-state index contributed by atoms with van der Waals surface area (Å²) < 4.78 is 5.57. The monoisotopic (exact) mass is 372 g/mol. The smallest absolute Gasteiger partial charge is 0.228 e. The highest BCUT2D eigenvalue weighted by molar-refractivity contribution is 5.95. The lowest BCUT2D eigenvalue weighted by Crippen LogP contribution is -2.14. The quantitative estimate of drug-likeness (QED) is 0.537. The van der Waals surface area contributed by atoms with Crippen molar-refractivity contribution in [2.45, 2.75) is 32.1 Å². The van der Waals surface area contributed by atoms with Crippen molar-refractivity contribution in [2.75, 3.05) is 5.32 Å². The van der Waals surface area contributed by atoms with Gasteiger partial charge in [0.15, 0.2) is 5.82 Å². The van der Waals surface area contributed by atoms with Crippen molar-refractivity contribution in [3.8, 4) is 11.4 Å². The number of carbonyl (C=O) groups excluding carboxylic acids is 1. The van der Waals surface area contributed by atoms with Crippen LogP contribution >= 0.6 is 0 Å². The molecule has 1 fully saturated rings. The van der Waals surface area contributed by atoms with E-state index in [4.69, 9.17) is 4.42 Å². The number of amides is 1. The van der Waals surface area contributed by atoms with Gasteiger partial charge in [-0.25, -0.2) is 4.98 Å². The van der Waals surface area contributed by atoms with Gasteiger partial charge in [-0.2, -0.15) is 5.10 Å². The highest BCUT2D eigenvalue weighted by atomic mass is 16.3. The number of nitrogens with zero attached hydrogens (tertiary/aromatic N) is 2. The maximum atomic E-state index is 12.4. The van der Waals surface area contributed by atoms with E-state index in [0.717, 1.165) is 39.2 Å². The van der Waals surface area contributed by atoms with Crippen molar-refractivity contribution in [2.24, 2.45) is 0 Å². The molecule has 0 saturated heterocycles. The van der Waals surface area contributed by atoms with Crippen LogP contribution in [0.1, 0.15) is 35.7 Å². The number of hydrogen-bond donors (Lipinski definition) is 2. The molecule has 2 heterocycles. The van der Waals surface area contributed by atoms with Crippen LogP contribution in [0, 0.1) is 6.92 Å². The number of rotatable bonds is 5. The lowest BCUT2D eigenvalue weighted by Gasteiger charge is -2.05. The van der Waals surface area contributed by atoms with Crippen molar-refractivity contribution in [1.82, 2.24) is 15.2 Å². The van der Waals surface area contributed by atoms with Crippen LogP contribution < -0.4 is 5.32 Å². The lowest BCUT2D eigenvalue weighted by atomic mass is 10.1. The highest BCUT2D eigenvalue weighted by Gasteiger charge is 2.27. The lowest BCUT2D eigenvalue weighted by molar-refractivity contribution is -0.115. The summed E-state index contributed by atoms with van der Waals surface area (Å²) in [5, 5.41) is 11.2. The summed E-state index contributed by atoms with van der Waals surface area (Å²) in [5.41, 5.74) is 4.50. The van der Waals surface area contributed by atoms with Gasteiger partial charge in [0.2, 0.25) is 5.91 Å². The number of fused-ring (bicyclic) bond motifs is 1. The number of aromatic nitrogens is 3. The van der Waals surface area contributed by atoms with E-state index in [2.05, 4.69) is 20.5 Å². The molecule has 2 N–H and O–H groups in total. The molecule has 1 aliphatic rings. The van der Waals surface area contributed by atoms with Crippen LogP contribution in [0.4, 0.5) is 5.69 Å². The van der Waals surface area contributed by atoms with Gasteiger partial charge in [0.1, 0.15) is 11.4 Å². The fourth-order valence-corrected chi connectivity index (χ4v) is 3.35. The molecule has 0 unspecified atom stereocenters. The zero-order valence-corrected chi connectivity index (χ0v) is 15.5. The maximum absolute atomic E-state index is 12.4. The van der Waals surface area contributed by atoms with E-state index < -0.39 is 0 Å². The van der Waals surface area contributed by atoms with Crippen LogP contribution in [0.3, 0.4) is 0 Å². The Bertz CT molecular complexity index is 1150. The Morgan fingerprint density at radius 3 is 2.82 bits per heavy atom. The van der Waals surface area contributed by atoms with Crippen LogP contribution in [0.5, 0.6) is 0 Å². The summed E-state index contributed by atoms with van der Waals surface area (Å²) in [6.45, 7) is 2.02. The molecule has 1 aliphatic carbocycles. The number of hydrogen-bond acceptors (Lipinski definition) is 4. The second-order valence-corrected chi connectivity index (χ2v) is 7.38. The van der Waals surface area contributed by atoms with E-state index in [0.29, 0.717) is 11.7 Å². The summed E-state index contributed by atoms with van der Waals surface area (Å²) >= 11 is 0. The largest absolute Gasteiger partial charge is 0.464 e. The average Bonchev–Trinajstić information content (AvgIpc) is 3.30. The zero-order valence-electron chi connectivity index (χ0n) is 15.5. The van der Waals surface area contributed by atoms with Crippen molar-refractivity contribution in [3.63, 3.8) is 0 Å². The standard InChI is InChI=1S/C22H20N4O2/c1-13-2-9-18-16(12-28-19(18)10-13)11-20(27)23-17-7-5-15(6-8-17)22-24-21(25-26-22)14-3-4-14/h2,5-10,12,14H,3-4,11H2,1H3,(H,23,27)(H,24,25,26). The number of anilines is 1. The summed E-state index contributed by atoms with van der Waals surface area (Å²) in [4.78, 5) is 17.0. The van der Waals surface area contributed by atoms with Gasteiger partial charge in [-0.3, -0.25) is 9.89 Å². The van der Waals surface area contributed by atoms with E-state index in [9.17, 15) is 4.79 Å². The summed E-state index contributed by atoms with van der Waals surface area (Å²) in [6, 6.07) is 13.6. The molecule has 0 atom stereocenters. The van der Waals surface area contributed by atoms with E-state index in [1.54, 1.807) is 6.26 Å². The molecule has 0 spiro atoms. The Morgan fingerprint density at radius 1 is 1.21 bits per heavy atom. The van der Waals surface area contributed by atoms with Crippen molar-refractivity contribution < 1.29 is 9.21 Å². The molecule has 2 aromatic heterocycles. The Morgan fingerprint density at radius 2 is 2.04 bits per heavy atom. The molecule has 4 aromatic rings. The Kier molecular flexibility index (Phi) is 3.97. The summed E-state index contributed by atoms with van der Waals surface area (Å²) in [7, 11) is 0. The van der Waals surface area contributed by atoms with Gasteiger partial charge < -0.3 is 9.73 Å². The minimum atomic E-state index is -0.0788. The molecule has 6 nitrogen and oxygen atoms in total. The molecular weight excluding hydrogens is 352 g/mol. The van der Waals surface area contributed by atoms with Gasteiger partial charge in [0, 0.05) is 28.1 Å². The van der Waals surface area contributed by atoms with Gasteiger partial charge >= 0.3 is 0 Å². The number of nitrogens with one attached hydrogen (secondary N) is 2. The predicted octanol–water partition coefficient (Wildman–Crippen LogP) is 4.58. The number of carbonyl (C=O) groups is 1. The fraction of sp³-hybridized carbons (Fsp3) is 0.227. The molecule has 28 heavy (non-hydrogen) atoms. The third kappa shape index (κ3) is 3.29. The molecule has 140 valence electrons. The first kappa shape index (κ1) is 16.7. The van der Waals surface area contributed by atoms with Crippen molar-refractivity contribution >= 4 is 22.6 Å². The molecule has 0 aliphatic heterocycles. The van der Waals surface area contributed by atoms with E-state index >= 15 is 0 Å². The van der Waals surface area contributed by atoms with E-state index in [1.807, 2.05) is 49.4 Å². The molecule has 6 heteroatoms. The predicted molar refractivity (Wildman–Crippen MR) is 107 cm³/mol. The van der Waals surface area contributed by atoms with Crippen molar-refractivity contribution in [3.05, 3.63) is 65.7 Å². The second-order valence-electron chi connectivity index (χ2n) is 7.38. The maximum Gasteiger partial charge on any atom is 0.228 e. The van der Waals surface area contributed by atoms with Gasteiger partial charge in [0.25, 0.3) is 0 Å². The molecular formula is C22H20N4O2. The number of aryl methyl sites for hydroxylation is 1. The number of aromatic amines is 1. The van der Waals surface area contributed by atoms with Gasteiger partial charge in [-0.15, -0.1) is 0 Å². The topological polar surface area (TPSA) is 83.8 Å². The summed E-state index contributed by atoms with van der Waals surface area (Å²) in [5.74, 6) is 2.13. The SMILES string of the molecule is Cc1ccc2c(CC(=O)Nc3ccc(-c4n[nH]c(C5CC5)n4)cc3)coc2c1. The Labute approximate surface area is 162 Å². The molecule has 5 rings (SSSR count). The number of benzene rings is 2. The number of H-pyrrole nitrogens is 1. The average molecular weight is 372 g/mol. The molecule has 0 radical (unpaired) electrons. The Balaban J connectivity index is 1.26. The first-order valence-corrected chi connectivity index (χ1v) is 9.45. The molecule has 1 amide bonds. The highest BCUT2D eigenvalue weighted by Crippen LogP contribution is 2.38. The van der Waals surface area contributed by atoms with Crippen LogP contribution in [-0.2, 0) is 11.2 Å². The third-order valence-electron chi connectivity index (χ3n) is 5.06. The van der Waals surface area contributed by atoms with E-state index in [1.165, 1.54) is 12.8 Å². The van der Waals surface area contributed by atoms with Crippen molar-refractivity contribution in [1.29, 1.82) is 0 Å². The molecule has 1 saturated carbocycles. The zero-order chi connectivity index (χ0) is 19.1. The third-order valence-corrected chi connectivity index (χ3v) is 5.06. The van der Waals surface area contributed by atoms with E-state index in [-0.39, 0.29) is 12.3 Å². The first-order valence-electron chi connectivity index (χ1n) is 9.45. The van der Waals surface area contributed by atoms with Crippen LogP contribution in [0.25, 0.3) is 22.4 Å². The van der Waals surface area contributed by atoms with Gasteiger partial charge in [0.05, 0.1) is 12.7 Å². The minimum absolute atomic E-state index is 0.0788. The van der Waals surface area contributed by atoms with Crippen LogP contribution in [-0.4, -0.2) is 21.1 Å². The van der Waals surface area contributed by atoms with Crippen LogP contribution in [0.15, 0.2) is 53.1 Å².